The van der Waals surface area contributed by atoms with Crippen molar-refractivity contribution in [3.63, 3.8) is 0 Å². The maximum absolute atomic E-state index is 4.32. The van der Waals surface area contributed by atoms with Crippen molar-refractivity contribution in [3.8, 4) is 48.8 Å². The molecule has 0 aliphatic heterocycles. The minimum absolute atomic E-state index is 1.15. The molecule has 9 aromatic rings. The van der Waals surface area contributed by atoms with Gasteiger partial charge in [0.2, 0.25) is 0 Å². The fourth-order valence-electron chi connectivity index (χ4n) is 6.56. The topological polar surface area (TPSA) is 30.7 Å². The summed E-state index contributed by atoms with van der Waals surface area (Å²) in [6.07, 6.45) is 3.89. The highest BCUT2D eigenvalue weighted by Crippen LogP contribution is 2.43. The Bertz CT molecular complexity index is 2470. The van der Waals surface area contributed by atoms with Gasteiger partial charge in [-0.2, -0.15) is 0 Å². The third-order valence-electron chi connectivity index (χ3n) is 8.59. The molecule has 0 bridgehead atoms. The third kappa shape index (κ3) is 4.40. The molecule has 0 fully saturated rings. The fourth-order valence-corrected chi connectivity index (χ4v) is 7.80. The van der Waals surface area contributed by atoms with Gasteiger partial charge < -0.3 is 4.57 Å². The summed E-state index contributed by atoms with van der Waals surface area (Å²) >= 11 is 3.34. The molecule has 0 saturated heterocycles. The Hall–Kier alpha value is -5.36. The molecule has 5 heteroatoms. The molecule has 6 aromatic carbocycles. The summed E-state index contributed by atoms with van der Waals surface area (Å²) in [7, 11) is 0. The molecule has 45 heavy (non-hydrogen) atoms. The highest BCUT2D eigenvalue weighted by atomic mass is 32.1. The van der Waals surface area contributed by atoms with Gasteiger partial charge in [-0.25, -0.2) is 0 Å². The summed E-state index contributed by atoms with van der Waals surface area (Å²) in [5, 5.41) is 5.03. The Morgan fingerprint density at radius 3 is 1.78 bits per heavy atom. The van der Waals surface area contributed by atoms with E-state index in [0.29, 0.717) is 0 Å². The van der Waals surface area contributed by atoms with Crippen LogP contribution in [0.15, 0.2) is 151 Å². The van der Waals surface area contributed by atoms with E-state index >= 15 is 0 Å². The second kappa shape index (κ2) is 10.7. The second-order valence-electron chi connectivity index (χ2n) is 11.2. The standard InChI is InChI=1S/C40H25N3S2/c1-2-12-31(13-3-1)43-36-20-27(26-8-6-10-29(18-26)38-22-41-24-44-38)16-17-34(36)40-33-15-5-4-14-32(33)35(21-37(40)43)28-9-7-11-30(19-28)39-23-42-25-45-39/h1-25H. The van der Waals surface area contributed by atoms with E-state index in [2.05, 4.69) is 142 Å². The van der Waals surface area contributed by atoms with Gasteiger partial charge in [-0.3, -0.25) is 9.97 Å². The predicted molar refractivity (Wildman–Crippen MR) is 191 cm³/mol. The molecule has 0 aliphatic rings. The van der Waals surface area contributed by atoms with Crippen LogP contribution in [0.3, 0.4) is 0 Å². The van der Waals surface area contributed by atoms with Crippen molar-refractivity contribution in [3.05, 3.63) is 151 Å². The average Bonchev–Trinajstić information content (AvgIpc) is 3.90. The molecule has 3 heterocycles. The van der Waals surface area contributed by atoms with Crippen LogP contribution in [0.1, 0.15) is 0 Å². The van der Waals surface area contributed by atoms with Crippen LogP contribution in [0.5, 0.6) is 0 Å². The van der Waals surface area contributed by atoms with E-state index in [1.54, 1.807) is 22.7 Å². The summed E-state index contributed by atoms with van der Waals surface area (Å²) < 4.78 is 2.43. The first kappa shape index (κ1) is 26.1. The highest BCUT2D eigenvalue weighted by Gasteiger charge is 2.19. The lowest BCUT2D eigenvalue weighted by Gasteiger charge is -2.13. The van der Waals surface area contributed by atoms with Crippen LogP contribution in [-0.4, -0.2) is 14.5 Å². The number of hydrogen-bond acceptors (Lipinski definition) is 4. The number of hydrogen-bond donors (Lipinski definition) is 0. The van der Waals surface area contributed by atoms with E-state index in [9.17, 15) is 0 Å². The molecule has 0 unspecified atom stereocenters. The number of aromatic nitrogens is 3. The summed E-state index contributed by atoms with van der Waals surface area (Å²) in [4.78, 5) is 11.0. The Balaban J connectivity index is 1.34. The van der Waals surface area contributed by atoms with Gasteiger partial charge in [0.1, 0.15) is 0 Å². The molecule has 3 nitrogen and oxygen atoms in total. The summed E-state index contributed by atoms with van der Waals surface area (Å²) in [5.74, 6) is 0. The Morgan fingerprint density at radius 2 is 1.07 bits per heavy atom. The zero-order valence-electron chi connectivity index (χ0n) is 24.1. The van der Waals surface area contributed by atoms with Gasteiger partial charge in [0.25, 0.3) is 0 Å². The first-order valence-electron chi connectivity index (χ1n) is 14.9. The quantitative estimate of drug-likeness (QED) is 0.194. The molecule has 0 amide bonds. The number of fused-ring (bicyclic) bond motifs is 5. The number of para-hydroxylation sites is 1. The van der Waals surface area contributed by atoms with Gasteiger partial charge in [-0.05, 0) is 80.6 Å². The Morgan fingerprint density at radius 1 is 0.444 bits per heavy atom. The Kier molecular flexibility index (Phi) is 6.18. The number of rotatable bonds is 5. The molecule has 212 valence electrons. The van der Waals surface area contributed by atoms with Crippen LogP contribution in [0, 0.1) is 0 Å². The molecule has 9 rings (SSSR count). The van der Waals surface area contributed by atoms with Gasteiger partial charge in [0.15, 0.2) is 0 Å². The van der Waals surface area contributed by atoms with Crippen LogP contribution in [0.2, 0.25) is 0 Å². The molecule has 0 aliphatic carbocycles. The van der Waals surface area contributed by atoms with Crippen molar-refractivity contribution in [2.45, 2.75) is 0 Å². The van der Waals surface area contributed by atoms with Crippen LogP contribution in [-0.2, 0) is 0 Å². The van der Waals surface area contributed by atoms with Gasteiger partial charge in [-0.15, -0.1) is 22.7 Å². The SMILES string of the molecule is c1ccc(-n2c3cc(-c4cccc(-c5cncs5)c4)ccc3c3c4ccccc4c(-c4cccc(-c5cncs5)c4)cc32)cc1. The predicted octanol–water partition coefficient (Wildman–Crippen LogP) is 11.5. The van der Waals surface area contributed by atoms with Crippen LogP contribution < -0.4 is 0 Å². The van der Waals surface area contributed by atoms with Crippen molar-refractivity contribution in [1.82, 2.24) is 14.5 Å². The van der Waals surface area contributed by atoms with Crippen LogP contribution in [0.25, 0.3) is 81.4 Å². The summed E-state index contributed by atoms with van der Waals surface area (Å²) in [6.45, 7) is 0. The van der Waals surface area contributed by atoms with Crippen LogP contribution in [0.4, 0.5) is 0 Å². The number of benzene rings is 6. The minimum atomic E-state index is 1.15. The van der Waals surface area contributed by atoms with Crippen molar-refractivity contribution < 1.29 is 0 Å². The minimum Gasteiger partial charge on any atom is -0.309 e. The van der Waals surface area contributed by atoms with E-state index in [-0.39, 0.29) is 0 Å². The lowest BCUT2D eigenvalue weighted by Crippen LogP contribution is -1.94. The molecule has 0 atom stereocenters. The van der Waals surface area contributed by atoms with E-state index in [4.69, 9.17) is 0 Å². The molecule has 0 saturated carbocycles. The van der Waals surface area contributed by atoms with Crippen molar-refractivity contribution in [2.75, 3.05) is 0 Å². The molecule has 0 spiro atoms. The zero-order chi connectivity index (χ0) is 29.7. The van der Waals surface area contributed by atoms with Crippen molar-refractivity contribution in [1.29, 1.82) is 0 Å². The van der Waals surface area contributed by atoms with Crippen molar-refractivity contribution >= 4 is 55.3 Å². The molecular weight excluding hydrogens is 587 g/mol. The second-order valence-corrected chi connectivity index (χ2v) is 12.9. The van der Waals surface area contributed by atoms with E-state index in [0.717, 1.165) is 5.69 Å². The van der Waals surface area contributed by atoms with Crippen molar-refractivity contribution in [2.24, 2.45) is 0 Å². The number of thiazole rings is 2. The number of nitrogens with zero attached hydrogens (tertiary/aromatic N) is 3. The average molecular weight is 612 g/mol. The Labute approximate surface area is 268 Å². The third-order valence-corrected chi connectivity index (χ3v) is 10.2. The fraction of sp³-hybridized carbons (Fsp3) is 0. The highest BCUT2D eigenvalue weighted by molar-refractivity contribution is 7.13. The van der Waals surface area contributed by atoms with Crippen LogP contribution >= 0.6 is 22.7 Å². The lowest BCUT2D eigenvalue weighted by molar-refractivity contribution is 1.18. The first-order chi connectivity index (χ1) is 22.3. The lowest BCUT2D eigenvalue weighted by atomic mass is 9.93. The van der Waals surface area contributed by atoms with E-state index in [1.807, 2.05) is 23.4 Å². The first-order valence-corrected chi connectivity index (χ1v) is 16.6. The smallest absolute Gasteiger partial charge is 0.0797 e. The van der Waals surface area contributed by atoms with Gasteiger partial charge in [0, 0.05) is 28.9 Å². The van der Waals surface area contributed by atoms with Gasteiger partial charge >= 0.3 is 0 Å². The molecule has 3 aromatic heterocycles. The molecule has 0 radical (unpaired) electrons. The molecular formula is C40H25N3S2. The maximum Gasteiger partial charge on any atom is 0.0797 e. The largest absolute Gasteiger partial charge is 0.309 e. The zero-order valence-corrected chi connectivity index (χ0v) is 25.7. The molecule has 0 N–H and O–H groups in total. The summed E-state index contributed by atoms with van der Waals surface area (Å²) in [6, 6.07) is 46.5. The van der Waals surface area contributed by atoms with Gasteiger partial charge in [-0.1, -0.05) is 91.0 Å². The maximum atomic E-state index is 4.32. The van der Waals surface area contributed by atoms with E-state index < -0.39 is 0 Å². The van der Waals surface area contributed by atoms with E-state index in [1.165, 1.54) is 75.7 Å². The normalized spacial score (nSPS) is 11.6. The van der Waals surface area contributed by atoms with Gasteiger partial charge in [0.05, 0.1) is 31.8 Å². The monoisotopic (exact) mass is 611 g/mol. The summed E-state index contributed by atoms with van der Waals surface area (Å²) in [5.41, 5.74) is 14.5.